The van der Waals surface area contributed by atoms with Crippen molar-refractivity contribution in [3.63, 3.8) is 0 Å². The van der Waals surface area contributed by atoms with Crippen LogP contribution < -0.4 is 0 Å². The maximum atomic E-state index is 12.8. The molecule has 0 bridgehead atoms. The lowest BCUT2D eigenvalue weighted by Crippen LogP contribution is -2.41. The van der Waals surface area contributed by atoms with Crippen LogP contribution in [0.25, 0.3) is 10.6 Å². The maximum absolute atomic E-state index is 12.8. The first kappa shape index (κ1) is 20.3. The molecular formula is C23H25N3O3S. The maximum Gasteiger partial charge on any atom is 0.342 e. The molecule has 1 aromatic carbocycles. The first-order chi connectivity index (χ1) is 14.6. The smallest absolute Gasteiger partial charge is 0.342 e. The number of carbonyl (C=O) groups excluding carboxylic acids is 2. The quantitative estimate of drug-likeness (QED) is 0.561. The fourth-order valence-corrected chi connectivity index (χ4v) is 4.45. The molecule has 6 nitrogen and oxygen atoms in total. The highest BCUT2D eigenvalue weighted by Gasteiger charge is 2.24. The van der Waals surface area contributed by atoms with E-state index in [-0.39, 0.29) is 12.5 Å². The van der Waals surface area contributed by atoms with Crippen LogP contribution in [-0.2, 0) is 16.1 Å². The van der Waals surface area contributed by atoms with Gasteiger partial charge in [-0.2, -0.15) is 5.10 Å². The molecule has 1 unspecified atom stereocenters. The molecule has 3 aromatic rings. The van der Waals surface area contributed by atoms with E-state index in [0.717, 1.165) is 36.4 Å². The Kier molecular flexibility index (Phi) is 6.28. The van der Waals surface area contributed by atoms with Crippen LogP contribution in [0.1, 0.15) is 35.7 Å². The van der Waals surface area contributed by atoms with Crippen molar-refractivity contribution >= 4 is 23.2 Å². The van der Waals surface area contributed by atoms with Gasteiger partial charge in [0.2, 0.25) is 0 Å². The van der Waals surface area contributed by atoms with Gasteiger partial charge in [-0.05, 0) is 35.8 Å². The van der Waals surface area contributed by atoms with E-state index >= 15 is 0 Å². The molecule has 1 atom stereocenters. The fourth-order valence-electron chi connectivity index (χ4n) is 3.73. The van der Waals surface area contributed by atoms with Crippen LogP contribution in [0.5, 0.6) is 0 Å². The molecule has 0 aliphatic carbocycles. The van der Waals surface area contributed by atoms with Gasteiger partial charge in [-0.15, -0.1) is 11.3 Å². The summed E-state index contributed by atoms with van der Waals surface area (Å²) in [6, 6.07) is 13.8. The number of hydrogen-bond acceptors (Lipinski definition) is 5. The van der Waals surface area contributed by atoms with Gasteiger partial charge in [0.1, 0.15) is 11.3 Å². The fraction of sp³-hybridized carbons (Fsp3) is 0.348. The average molecular weight is 424 g/mol. The SMILES string of the molecule is CC1CCCN(C(=O)COC(=O)c2cn(Cc3ccccc3)nc2-c2cccs2)C1. The Labute approximate surface area is 180 Å². The molecule has 0 N–H and O–H groups in total. The third-order valence-corrected chi connectivity index (χ3v) is 6.14. The number of amides is 1. The van der Waals surface area contributed by atoms with Crippen molar-refractivity contribution in [1.82, 2.24) is 14.7 Å². The molecule has 1 amide bonds. The van der Waals surface area contributed by atoms with Gasteiger partial charge >= 0.3 is 5.97 Å². The lowest BCUT2D eigenvalue weighted by molar-refractivity contribution is -0.136. The van der Waals surface area contributed by atoms with Crippen LogP contribution in [0.15, 0.2) is 54.0 Å². The zero-order chi connectivity index (χ0) is 20.9. The van der Waals surface area contributed by atoms with Crippen LogP contribution >= 0.6 is 11.3 Å². The summed E-state index contributed by atoms with van der Waals surface area (Å²) >= 11 is 1.52. The standard InChI is InChI=1S/C23H25N3O3S/c1-17-7-5-11-25(13-17)21(27)16-29-23(28)19-15-26(14-18-8-3-2-4-9-18)24-22(19)20-10-6-12-30-20/h2-4,6,8-10,12,15,17H,5,7,11,13-14,16H2,1H3. The van der Waals surface area contributed by atoms with Crippen LogP contribution in [-0.4, -0.2) is 46.3 Å². The molecule has 1 aliphatic heterocycles. The van der Waals surface area contributed by atoms with Crippen molar-refractivity contribution in [2.75, 3.05) is 19.7 Å². The molecule has 1 aliphatic rings. The largest absolute Gasteiger partial charge is 0.452 e. The lowest BCUT2D eigenvalue weighted by Gasteiger charge is -2.30. The number of aromatic nitrogens is 2. The second-order valence-corrected chi connectivity index (χ2v) is 8.66. The Bertz CT molecular complexity index is 998. The summed E-state index contributed by atoms with van der Waals surface area (Å²) in [5.74, 6) is -0.166. The third kappa shape index (κ3) is 4.79. The number of nitrogens with zero attached hydrogens (tertiary/aromatic N) is 3. The van der Waals surface area contributed by atoms with Gasteiger partial charge in [0.25, 0.3) is 5.91 Å². The molecule has 1 saturated heterocycles. The van der Waals surface area contributed by atoms with Crippen LogP contribution in [0.2, 0.25) is 0 Å². The van der Waals surface area contributed by atoms with E-state index in [1.54, 1.807) is 15.8 Å². The molecule has 0 radical (unpaired) electrons. The lowest BCUT2D eigenvalue weighted by atomic mass is 10.0. The third-order valence-electron chi connectivity index (χ3n) is 5.26. The van der Waals surface area contributed by atoms with Crippen molar-refractivity contribution in [2.45, 2.75) is 26.3 Å². The van der Waals surface area contributed by atoms with Crippen LogP contribution in [0, 0.1) is 5.92 Å². The number of likely N-dealkylation sites (tertiary alicyclic amines) is 1. The van der Waals surface area contributed by atoms with Crippen molar-refractivity contribution in [1.29, 1.82) is 0 Å². The molecule has 0 spiro atoms. The molecular weight excluding hydrogens is 398 g/mol. The minimum atomic E-state index is -0.517. The Morgan fingerprint density at radius 2 is 2.03 bits per heavy atom. The summed E-state index contributed by atoms with van der Waals surface area (Å²) in [5, 5.41) is 6.57. The van der Waals surface area contributed by atoms with Crippen molar-refractivity contribution < 1.29 is 14.3 Å². The summed E-state index contributed by atoms with van der Waals surface area (Å²) in [4.78, 5) is 28.0. The van der Waals surface area contributed by atoms with Gasteiger partial charge in [-0.1, -0.05) is 43.3 Å². The predicted octanol–water partition coefficient (Wildman–Crippen LogP) is 4.08. The Morgan fingerprint density at radius 1 is 1.20 bits per heavy atom. The minimum absolute atomic E-state index is 0.135. The zero-order valence-corrected chi connectivity index (χ0v) is 17.8. The first-order valence-electron chi connectivity index (χ1n) is 10.2. The molecule has 4 rings (SSSR count). The van der Waals surface area contributed by atoms with Gasteiger partial charge in [0, 0.05) is 19.3 Å². The van der Waals surface area contributed by atoms with E-state index < -0.39 is 5.97 Å². The predicted molar refractivity (Wildman–Crippen MR) is 116 cm³/mol. The number of hydrogen-bond donors (Lipinski definition) is 0. The van der Waals surface area contributed by atoms with E-state index in [0.29, 0.717) is 23.7 Å². The summed E-state index contributed by atoms with van der Waals surface area (Å²) in [7, 11) is 0. The normalized spacial score (nSPS) is 16.4. The Balaban J connectivity index is 1.48. The summed E-state index contributed by atoms with van der Waals surface area (Å²) in [6.45, 7) is 3.91. The van der Waals surface area contributed by atoms with E-state index in [1.807, 2.05) is 47.8 Å². The zero-order valence-electron chi connectivity index (χ0n) is 17.0. The van der Waals surface area contributed by atoms with Gasteiger partial charge in [0.05, 0.1) is 11.4 Å². The molecule has 30 heavy (non-hydrogen) atoms. The highest BCUT2D eigenvalue weighted by molar-refractivity contribution is 7.13. The van der Waals surface area contributed by atoms with E-state index in [2.05, 4.69) is 12.0 Å². The van der Waals surface area contributed by atoms with Gasteiger partial charge in [0.15, 0.2) is 6.61 Å². The van der Waals surface area contributed by atoms with Gasteiger partial charge in [-0.25, -0.2) is 4.79 Å². The highest BCUT2D eigenvalue weighted by Crippen LogP contribution is 2.27. The first-order valence-corrected chi connectivity index (χ1v) is 11.1. The topological polar surface area (TPSA) is 64.4 Å². The van der Waals surface area contributed by atoms with Gasteiger partial charge < -0.3 is 9.64 Å². The summed E-state index contributed by atoms with van der Waals surface area (Å²) < 4.78 is 7.15. The summed E-state index contributed by atoms with van der Waals surface area (Å²) in [6.07, 6.45) is 3.84. The monoisotopic (exact) mass is 423 g/mol. The average Bonchev–Trinajstić information content (AvgIpc) is 3.42. The molecule has 2 aromatic heterocycles. The second kappa shape index (κ2) is 9.26. The number of ether oxygens (including phenoxy) is 1. The summed E-state index contributed by atoms with van der Waals surface area (Å²) in [5.41, 5.74) is 2.06. The van der Waals surface area contributed by atoms with E-state index in [9.17, 15) is 9.59 Å². The Hall–Kier alpha value is -2.93. The molecule has 3 heterocycles. The van der Waals surface area contributed by atoms with Crippen molar-refractivity contribution in [3.05, 3.63) is 65.2 Å². The van der Waals surface area contributed by atoms with Crippen molar-refractivity contribution in [2.24, 2.45) is 5.92 Å². The molecule has 156 valence electrons. The van der Waals surface area contributed by atoms with E-state index in [4.69, 9.17) is 4.74 Å². The molecule has 1 fully saturated rings. The van der Waals surface area contributed by atoms with Gasteiger partial charge in [-0.3, -0.25) is 9.48 Å². The number of rotatable bonds is 6. The van der Waals surface area contributed by atoms with Crippen LogP contribution in [0.4, 0.5) is 0 Å². The van der Waals surface area contributed by atoms with Crippen molar-refractivity contribution in [3.8, 4) is 10.6 Å². The number of carbonyl (C=O) groups is 2. The molecule has 0 saturated carbocycles. The van der Waals surface area contributed by atoms with E-state index in [1.165, 1.54) is 11.3 Å². The number of thiophene rings is 1. The molecule has 7 heteroatoms. The minimum Gasteiger partial charge on any atom is -0.452 e. The highest BCUT2D eigenvalue weighted by atomic mass is 32.1. The number of piperidine rings is 1. The number of esters is 1. The Morgan fingerprint density at radius 3 is 2.77 bits per heavy atom. The number of benzene rings is 1. The van der Waals surface area contributed by atoms with Crippen LogP contribution in [0.3, 0.4) is 0 Å². The second-order valence-electron chi connectivity index (χ2n) is 7.72.